The molecule has 0 aromatic carbocycles. The van der Waals surface area contributed by atoms with Gasteiger partial charge in [-0.05, 0) is 6.92 Å². The molecule has 0 saturated carbocycles. The summed E-state index contributed by atoms with van der Waals surface area (Å²) in [5.41, 5.74) is 0. The Morgan fingerprint density at radius 1 is 0.875 bits per heavy atom. The number of hydrogen-bond donors (Lipinski definition) is 2. The summed E-state index contributed by atoms with van der Waals surface area (Å²) in [7, 11) is 0. The number of carboxylic acid groups (broad SMARTS) is 3. The number of aliphatic hydroxyl groups is 2. The third kappa shape index (κ3) is 16.4. The monoisotopic (exact) mass is 447 g/mol. The number of carbonyl (C=O) groups is 3. The molecule has 2 unspecified atom stereocenters. The van der Waals surface area contributed by atoms with Gasteiger partial charge in [0, 0.05) is 5.97 Å². The predicted octanol–water partition coefficient (Wildman–Crippen LogP) is -6.80. The Bertz CT molecular complexity index is 209. The summed E-state index contributed by atoms with van der Waals surface area (Å²) >= 11 is 0. The van der Waals surface area contributed by atoms with Crippen LogP contribution in [-0.4, -0.2) is 88.1 Å². The Morgan fingerprint density at radius 2 is 1.00 bits per heavy atom. The maximum atomic E-state index is 9.63. The molecule has 0 rings (SSSR count). The molecule has 2 atom stereocenters. The van der Waals surface area contributed by atoms with Crippen molar-refractivity contribution in [3.63, 3.8) is 0 Å². The van der Waals surface area contributed by atoms with Gasteiger partial charge in [0.05, 0.1) is 11.9 Å². The van der Waals surface area contributed by atoms with E-state index in [1.165, 1.54) is 0 Å². The number of carbonyl (C=O) groups excluding carboxylic acids is 3. The van der Waals surface area contributed by atoms with Crippen LogP contribution in [0.4, 0.5) is 0 Å². The minimum absolute atomic E-state index is 0. The zero-order valence-electron chi connectivity index (χ0n) is 8.00. The normalized spacial score (nSPS) is 11.4. The van der Waals surface area contributed by atoms with E-state index in [1.54, 1.807) is 0 Å². The van der Waals surface area contributed by atoms with Gasteiger partial charge in [-0.25, -0.2) is 0 Å². The molecule has 0 aliphatic heterocycles. The van der Waals surface area contributed by atoms with Crippen LogP contribution in [0.1, 0.15) is 6.92 Å². The fraction of sp³-hybridized carbons (Fsp3) is 0.500. The SMILES string of the molecule is CC(=O)[O-].O=C([O-])C(O)C(O)C(=O)[O-].[Sn+2].[Sn+2]. The van der Waals surface area contributed by atoms with Gasteiger partial charge < -0.3 is 39.9 Å². The van der Waals surface area contributed by atoms with Gasteiger partial charge in [-0.1, -0.05) is 0 Å². The molecule has 0 spiro atoms. The van der Waals surface area contributed by atoms with Crippen molar-refractivity contribution >= 4 is 65.7 Å². The van der Waals surface area contributed by atoms with Gasteiger partial charge in [0.15, 0.2) is 0 Å². The number of carboxylic acids is 3. The van der Waals surface area contributed by atoms with E-state index in [0.29, 0.717) is 0 Å². The smallest absolute Gasteiger partial charge is 0.550 e. The van der Waals surface area contributed by atoms with Gasteiger partial charge in [-0.2, -0.15) is 0 Å². The second kappa shape index (κ2) is 13.0. The Balaban J connectivity index is -0.000000105. The number of rotatable bonds is 3. The van der Waals surface area contributed by atoms with Crippen LogP contribution in [0, 0.1) is 0 Å². The van der Waals surface area contributed by atoms with E-state index < -0.39 is 30.1 Å². The molecule has 0 aliphatic rings. The van der Waals surface area contributed by atoms with Gasteiger partial charge >= 0.3 is 47.8 Å². The minimum atomic E-state index is -2.44. The Labute approximate surface area is 124 Å². The number of aliphatic hydroxyl groups excluding tert-OH is 2. The summed E-state index contributed by atoms with van der Waals surface area (Å²) < 4.78 is 0. The van der Waals surface area contributed by atoms with Crippen molar-refractivity contribution in [2.75, 3.05) is 0 Å². The molecule has 2 N–H and O–H groups in total. The average molecular weight is 445 g/mol. The summed E-state index contributed by atoms with van der Waals surface area (Å²) in [5.74, 6) is -5.20. The van der Waals surface area contributed by atoms with Crippen LogP contribution in [0.25, 0.3) is 0 Å². The molecule has 0 heterocycles. The second-order valence-corrected chi connectivity index (χ2v) is 2.02. The topological polar surface area (TPSA) is 161 Å². The van der Waals surface area contributed by atoms with Crippen LogP contribution in [0.3, 0.4) is 0 Å². The fourth-order valence-electron chi connectivity index (χ4n) is 0.258. The Hall–Kier alpha value is -0.0726. The molecule has 8 nitrogen and oxygen atoms in total. The molecular formula is C6H7O8Sn2+. The zero-order valence-corrected chi connectivity index (χ0v) is 13.7. The van der Waals surface area contributed by atoms with E-state index in [1.807, 2.05) is 0 Å². The minimum Gasteiger partial charge on any atom is -0.550 e. The van der Waals surface area contributed by atoms with E-state index in [2.05, 4.69) is 0 Å². The average Bonchev–Trinajstić information content (AvgIpc) is 2.00. The van der Waals surface area contributed by atoms with Crippen molar-refractivity contribution in [3.05, 3.63) is 0 Å². The molecule has 0 amide bonds. The first-order chi connectivity index (χ1) is 6.20. The van der Waals surface area contributed by atoms with Crippen molar-refractivity contribution in [1.29, 1.82) is 0 Å². The Morgan fingerprint density at radius 3 is 1.06 bits per heavy atom. The first-order valence-electron chi connectivity index (χ1n) is 3.15. The molecule has 0 aliphatic carbocycles. The van der Waals surface area contributed by atoms with Crippen LogP contribution in [0.5, 0.6) is 0 Å². The van der Waals surface area contributed by atoms with Gasteiger partial charge in [0.2, 0.25) is 0 Å². The zero-order chi connectivity index (χ0) is 11.9. The summed E-state index contributed by atoms with van der Waals surface area (Å²) in [6.07, 6.45) is -4.88. The summed E-state index contributed by atoms with van der Waals surface area (Å²) in [4.78, 5) is 28.2. The van der Waals surface area contributed by atoms with Crippen molar-refractivity contribution in [1.82, 2.24) is 0 Å². The fourth-order valence-corrected chi connectivity index (χ4v) is 0.258. The van der Waals surface area contributed by atoms with E-state index in [0.717, 1.165) is 6.92 Å². The van der Waals surface area contributed by atoms with Crippen molar-refractivity contribution in [2.45, 2.75) is 19.1 Å². The van der Waals surface area contributed by atoms with Crippen LogP contribution < -0.4 is 15.3 Å². The third-order valence-electron chi connectivity index (χ3n) is 0.782. The van der Waals surface area contributed by atoms with Crippen LogP contribution in [0.2, 0.25) is 0 Å². The molecular weight excluding hydrogens is 437 g/mol. The summed E-state index contributed by atoms with van der Waals surface area (Å²) in [6, 6.07) is 0. The maximum Gasteiger partial charge on any atom is 2.00 e. The first-order valence-corrected chi connectivity index (χ1v) is 3.15. The first kappa shape index (κ1) is 24.9. The van der Waals surface area contributed by atoms with Gasteiger partial charge in [0.25, 0.3) is 0 Å². The molecule has 0 aromatic rings. The molecule has 86 valence electrons. The molecule has 16 heavy (non-hydrogen) atoms. The summed E-state index contributed by atoms with van der Waals surface area (Å²) in [5, 5.41) is 44.6. The van der Waals surface area contributed by atoms with E-state index in [9.17, 15) is 19.8 Å². The van der Waals surface area contributed by atoms with Crippen molar-refractivity contribution < 1.29 is 39.9 Å². The third-order valence-corrected chi connectivity index (χ3v) is 0.782. The van der Waals surface area contributed by atoms with E-state index in [-0.39, 0.29) is 47.8 Å². The molecule has 10 heteroatoms. The number of aliphatic carboxylic acids is 3. The predicted molar refractivity (Wildman–Crippen MR) is 44.2 cm³/mol. The quantitative estimate of drug-likeness (QED) is 0.406. The van der Waals surface area contributed by atoms with Gasteiger partial charge in [-0.15, -0.1) is 0 Å². The van der Waals surface area contributed by atoms with Crippen LogP contribution in [-0.2, 0) is 14.4 Å². The largest absolute Gasteiger partial charge is 2.00 e. The Kier molecular flexibility index (Phi) is 20.3. The summed E-state index contributed by atoms with van der Waals surface area (Å²) in [6.45, 7) is 0.972. The van der Waals surface area contributed by atoms with E-state index in [4.69, 9.17) is 20.1 Å². The molecule has 0 aromatic heterocycles. The standard InChI is InChI=1S/C4H6O6.C2H4O2.2Sn/c5-1(3(7)8)2(6)4(9)10;1-2(3)4;;/h1-2,5-6H,(H,7,8)(H,9,10);1H3,(H,3,4);;/q;;2*+2/p-3. The van der Waals surface area contributed by atoms with Crippen molar-refractivity contribution in [2.24, 2.45) is 0 Å². The van der Waals surface area contributed by atoms with Crippen molar-refractivity contribution in [3.8, 4) is 0 Å². The maximum absolute atomic E-state index is 9.63. The van der Waals surface area contributed by atoms with Gasteiger partial charge in [-0.3, -0.25) is 0 Å². The van der Waals surface area contributed by atoms with Crippen LogP contribution >= 0.6 is 0 Å². The number of hydrogen-bond acceptors (Lipinski definition) is 8. The van der Waals surface area contributed by atoms with Crippen LogP contribution in [0.15, 0.2) is 0 Å². The van der Waals surface area contributed by atoms with Gasteiger partial charge in [0.1, 0.15) is 12.2 Å². The second-order valence-electron chi connectivity index (χ2n) is 2.02. The molecule has 0 saturated heterocycles. The molecule has 0 fully saturated rings. The van der Waals surface area contributed by atoms with E-state index >= 15 is 0 Å². The molecule has 0 bridgehead atoms. The molecule has 4 radical (unpaired) electrons.